The Balaban J connectivity index is 2.04. The molecule has 0 saturated carbocycles. The van der Waals surface area contributed by atoms with Crippen LogP contribution in [0.1, 0.15) is 24.2 Å². The Bertz CT molecular complexity index is 450. The van der Waals surface area contributed by atoms with Crippen molar-refractivity contribution in [2.75, 3.05) is 40.3 Å². The van der Waals surface area contributed by atoms with Gasteiger partial charge in [0, 0.05) is 37.8 Å². The van der Waals surface area contributed by atoms with Crippen LogP contribution < -0.4 is 4.74 Å². The van der Waals surface area contributed by atoms with Crippen molar-refractivity contribution in [2.45, 2.75) is 26.0 Å². The van der Waals surface area contributed by atoms with Gasteiger partial charge in [-0.2, -0.15) is 0 Å². The molecule has 0 amide bonds. The molecule has 0 aromatic heterocycles. The van der Waals surface area contributed by atoms with Gasteiger partial charge in [-0.25, -0.2) is 0 Å². The van der Waals surface area contributed by atoms with Crippen LogP contribution in [-0.4, -0.2) is 61.3 Å². The second-order valence-electron chi connectivity index (χ2n) is 5.85. The zero-order valence-corrected chi connectivity index (χ0v) is 13.0. The standard InChI is InChI=1S/C16H26N2O2/c1-12-5-6-16(20-4)14(9-12)15(19)11-18-8-7-17(3)13(2)10-18/h5-6,9,13,15,19H,7-8,10-11H2,1-4H3. The Kier molecular flexibility index (Phi) is 5.02. The molecule has 20 heavy (non-hydrogen) atoms. The molecule has 2 unspecified atom stereocenters. The lowest BCUT2D eigenvalue weighted by atomic mass is 10.0. The van der Waals surface area contributed by atoms with Gasteiger partial charge in [-0.05, 0) is 33.0 Å². The highest BCUT2D eigenvalue weighted by molar-refractivity contribution is 5.38. The Hall–Kier alpha value is -1.10. The normalized spacial score (nSPS) is 22.8. The largest absolute Gasteiger partial charge is 0.496 e. The fraction of sp³-hybridized carbons (Fsp3) is 0.625. The summed E-state index contributed by atoms with van der Waals surface area (Å²) in [4.78, 5) is 4.69. The number of aliphatic hydroxyl groups is 1. The van der Waals surface area contributed by atoms with Crippen LogP contribution in [-0.2, 0) is 0 Å². The Morgan fingerprint density at radius 1 is 1.40 bits per heavy atom. The number of methoxy groups -OCH3 is 1. The molecule has 0 radical (unpaired) electrons. The molecule has 2 atom stereocenters. The first kappa shape index (κ1) is 15.3. The summed E-state index contributed by atoms with van der Waals surface area (Å²) >= 11 is 0. The van der Waals surface area contributed by atoms with E-state index >= 15 is 0 Å². The first-order valence-corrected chi connectivity index (χ1v) is 7.26. The van der Waals surface area contributed by atoms with E-state index < -0.39 is 6.10 Å². The molecule has 0 spiro atoms. The number of aliphatic hydroxyl groups excluding tert-OH is 1. The molecule has 1 saturated heterocycles. The number of rotatable bonds is 4. The number of ether oxygens (including phenoxy) is 1. The summed E-state index contributed by atoms with van der Waals surface area (Å²) in [6, 6.07) is 6.49. The van der Waals surface area contributed by atoms with E-state index in [0.29, 0.717) is 12.6 Å². The maximum atomic E-state index is 10.5. The fourth-order valence-electron chi connectivity index (χ4n) is 2.75. The Morgan fingerprint density at radius 3 is 2.80 bits per heavy atom. The lowest BCUT2D eigenvalue weighted by Gasteiger charge is -2.38. The van der Waals surface area contributed by atoms with Crippen LogP contribution in [0.3, 0.4) is 0 Å². The van der Waals surface area contributed by atoms with Crippen molar-refractivity contribution in [3.63, 3.8) is 0 Å². The minimum absolute atomic E-state index is 0.500. The molecule has 1 aromatic carbocycles. The summed E-state index contributed by atoms with van der Waals surface area (Å²) in [7, 11) is 3.81. The first-order chi connectivity index (χ1) is 9.51. The SMILES string of the molecule is COc1ccc(C)cc1C(O)CN1CCN(C)C(C)C1. The van der Waals surface area contributed by atoms with Gasteiger partial charge in [-0.3, -0.25) is 4.90 Å². The number of hydrogen-bond donors (Lipinski definition) is 1. The molecule has 0 bridgehead atoms. The van der Waals surface area contributed by atoms with Crippen LogP contribution in [0, 0.1) is 6.92 Å². The van der Waals surface area contributed by atoms with Crippen molar-refractivity contribution in [1.82, 2.24) is 9.80 Å². The Labute approximate surface area is 122 Å². The van der Waals surface area contributed by atoms with Crippen molar-refractivity contribution in [1.29, 1.82) is 0 Å². The van der Waals surface area contributed by atoms with Gasteiger partial charge in [0.1, 0.15) is 5.75 Å². The van der Waals surface area contributed by atoms with Gasteiger partial charge in [0.25, 0.3) is 0 Å². The van der Waals surface area contributed by atoms with E-state index in [1.54, 1.807) is 7.11 Å². The minimum Gasteiger partial charge on any atom is -0.496 e. The molecule has 1 aliphatic rings. The number of likely N-dealkylation sites (N-methyl/N-ethyl adjacent to an activating group) is 1. The number of piperazine rings is 1. The quantitative estimate of drug-likeness (QED) is 0.909. The van der Waals surface area contributed by atoms with Gasteiger partial charge in [0.15, 0.2) is 0 Å². The van der Waals surface area contributed by atoms with Crippen LogP contribution in [0.15, 0.2) is 18.2 Å². The predicted octanol–water partition coefficient (Wildman–Crippen LogP) is 1.67. The van der Waals surface area contributed by atoms with Gasteiger partial charge in [-0.1, -0.05) is 11.6 Å². The summed E-state index contributed by atoms with van der Waals surface area (Å²) in [5, 5.41) is 10.5. The molecule has 1 aliphatic heterocycles. The maximum Gasteiger partial charge on any atom is 0.124 e. The van der Waals surface area contributed by atoms with E-state index in [9.17, 15) is 5.11 Å². The summed E-state index contributed by atoms with van der Waals surface area (Å²) in [5.74, 6) is 0.769. The van der Waals surface area contributed by atoms with Crippen molar-refractivity contribution >= 4 is 0 Å². The number of nitrogens with zero attached hydrogens (tertiary/aromatic N) is 2. The van der Waals surface area contributed by atoms with E-state index in [1.165, 1.54) is 0 Å². The third kappa shape index (κ3) is 3.51. The maximum absolute atomic E-state index is 10.5. The highest BCUT2D eigenvalue weighted by Crippen LogP contribution is 2.27. The third-order valence-corrected chi connectivity index (χ3v) is 4.22. The molecule has 1 aromatic rings. The van der Waals surface area contributed by atoms with Gasteiger partial charge in [0.2, 0.25) is 0 Å². The van der Waals surface area contributed by atoms with Crippen LogP contribution >= 0.6 is 0 Å². The topological polar surface area (TPSA) is 35.9 Å². The molecule has 112 valence electrons. The Morgan fingerprint density at radius 2 is 2.15 bits per heavy atom. The van der Waals surface area contributed by atoms with E-state index in [4.69, 9.17) is 4.74 Å². The third-order valence-electron chi connectivity index (χ3n) is 4.22. The molecule has 2 rings (SSSR count). The molecule has 1 N–H and O–H groups in total. The average Bonchev–Trinajstić information content (AvgIpc) is 2.43. The lowest BCUT2D eigenvalue weighted by Crippen LogP contribution is -2.50. The molecule has 0 aliphatic carbocycles. The number of hydrogen-bond acceptors (Lipinski definition) is 4. The summed E-state index contributed by atoms with van der Waals surface area (Å²) in [6.45, 7) is 7.99. The summed E-state index contributed by atoms with van der Waals surface area (Å²) in [5.41, 5.74) is 2.03. The zero-order valence-electron chi connectivity index (χ0n) is 13.0. The highest BCUT2D eigenvalue weighted by Gasteiger charge is 2.24. The van der Waals surface area contributed by atoms with Gasteiger partial charge in [0.05, 0.1) is 13.2 Å². The molecule has 4 heteroatoms. The van der Waals surface area contributed by atoms with Crippen LogP contribution in [0.4, 0.5) is 0 Å². The van der Waals surface area contributed by atoms with Crippen molar-refractivity contribution in [3.05, 3.63) is 29.3 Å². The van der Waals surface area contributed by atoms with Gasteiger partial charge >= 0.3 is 0 Å². The molecule has 1 heterocycles. The first-order valence-electron chi connectivity index (χ1n) is 7.26. The van der Waals surface area contributed by atoms with Gasteiger partial charge in [-0.15, -0.1) is 0 Å². The van der Waals surface area contributed by atoms with Crippen LogP contribution in [0.5, 0.6) is 5.75 Å². The molecular weight excluding hydrogens is 252 g/mol. The van der Waals surface area contributed by atoms with E-state index in [-0.39, 0.29) is 0 Å². The van der Waals surface area contributed by atoms with Crippen LogP contribution in [0.25, 0.3) is 0 Å². The van der Waals surface area contributed by atoms with Crippen molar-refractivity contribution in [2.24, 2.45) is 0 Å². The predicted molar refractivity (Wildman–Crippen MR) is 81.2 cm³/mol. The lowest BCUT2D eigenvalue weighted by molar-refractivity contribution is 0.0559. The zero-order chi connectivity index (χ0) is 14.7. The minimum atomic E-state index is -0.500. The molecule has 4 nitrogen and oxygen atoms in total. The second kappa shape index (κ2) is 6.57. The average molecular weight is 278 g/mol. The van der Waals surface area contributed by atoms with Gasteiger partial charge < -0.3 is 14.7 Å². The molecule has 1 fully saturated rings. The second-order valence-corrected chi connectivity index (χ2v) is 5.85. The number of β-amino-alcohol motifs (C(OH)–C–C–N with tert-alkyl or cyclic N) is 1. The summed E-state index contributed by atoms with van der Waals surface area (Å²) in [6.07, 6.45) is -0.500. The monoisotopic (exact) mass is 278 g/mol. The highest BCUT2D eigenvalue weighted by atomic mass is 16.5. The summed E-state index contributed by atoms with van der Waals surface area (Å²) < 4.78 is 5.36. The number of benzene rings is 1. The van der Waals surface area contributed by atoms with E-state index in [1.807, 2.05) is 25.1 Å². The number of aryl methyl sites for hydroxylation is 1. The van der Waals surface area contributed by atoms with Crippen molar-refractivity contribution < 1.29 is 9.84 Å². The van der Waals surface area contributed by atoms with E-state index in [0.717, 1.165) is 36.5 Å². The van der Waals surface area contributed by atoms with Crippen LogP contribution in [0.2, 0.25) is 0 Å². The van der Waals surface area contributed by atoms with Crippen molar-refractivity contribution in [3.8, 4) is 5.75 Å². The van der Waals surface area contributed by atoms with E-state index in [2.05, 4.69) is 23.8 Å². The smallest absolute Gasteiger partial charge is 0.124 e. The fourth-order valence-corrected chi connectivity index (χ4v) is 2.75. The molecular formula is C16H26N2O2.